The number of hydrogen-bond donors (Lipinski definition) is 3. The maximum absolute atomic E-state index is 10.9. The maximum atomic E-state index is 10.9. The van der Waals surface area contributed by atoms with Crippen molar-refractivity contribution in [2.45, 2.75) is 6.04 Å². The van der Waals surface area contributed by atoms with Gasteiger partial charge in [-0.1, -0.05) is 0 Å². The smallest absolute Gasteiger partial charge is 0.255 e. The van der Waals surface area contributed by atoms with Gasteiger partial charge in [-0.15, -0.1) is 11.8 Å². The van der Waals surface area contributed by atoms with Gasteiger partial charge in [-0.3, -0.25) is 10.2 Å². The second-order valence-corrected chi connectivity index (χ2v) is 3.96. The molecule has 1 fully saturated rings. The van der Waals surface area contributed by atoms with Crippen LogP contribution in [0.3, 0.4) is 0 Å². The molecule has 0 aromatic rings. The molecule has 0 aromatic heterocycles. The van der Waals surface area contributed by atoms with Crippen molar-refractivity contribution in [2.75, 3.05) is 11.6 Å². The van der Waals surface area contributed by atoms with Crippen molar-refractivity contribution >= 4 is 23.5 Å². The third-order valence-corrected chi connectivity index (χ3v) is 3.24. The molecule has 5 nitrogen and oxygen atoms in total. The molecule has 0 spiro atoms. The van der Waals surface area contributed by atoms with Gasteiger partial charge in [0.2, 0.25) is 0 Å². The molecule has 0 aromatic carbocycles. The molecule has 1 saturated heterocycles. The summed E-state index contributed by atoms with van der Waals surface area (Å²) < 4.78 is 0. The molecule has 0 unspecified atom stereocenters. The number of amides is 1. The summed E-state index contributed by atoms with van der Waals surface area (Å²) in [6.07, 6.45) is 0. The Bertz CT molecular complexity index is 326. The number of carbonyl (C=O) groups excluding carboxylic acids is 1. The highest BCUT2D eigenvalue weighted by molar-refractivity contribution is 7.99. The van der Waals surface area contributed by atoms with E-state index in [1.54, 1.807) is 16.7 Å². The number of rotatable bonds is 1. The van der Waals surface area contributed by atoms with Crippen LogP contribution in [0.2, 0.25) is 0 Å². The van der Waals surface area contributed by atoms with Gasteiger partial charge in [-0.05, 0) is 0 Å². The standard InChI is InChI=1S/C7H9N3O2S/c8-6-4(7(9)12)5(11)3-1-13-2-10(3)6/h3,8,11H,1-2H2,(H2,9,12)/t3-/m0/s1. The minimum Gasteiger partial charge on any atom is -0.509 e. The largest absolute Gasteiger partial charge is 0.509 e. The van der Waals surface area contributed by atoms with Gasteiger partial charge in [-0.2, -0.15) is 0 Å². The van der Waals surface area contributed by atoms with Crippen molar-refractivity contribution in [1.82, 2.24) is 4.90 Å². The van der Waals surface area contributed by atoms with E-state index in [2.05, 4.69) is 0 Å². The maximum Gasteiger partial charge on any atom is 0.255 e. The summed E-state index contributed by atoms with van der Waals surface area (Å²) in [5.41, 5.74) is 5.03. The normalized spacial score (nSPS) is 26.9. The van der Waals surface area contributed by atoms with Gasteiger partial charge in [-0.25, -0.2) is 0 Å². The fraction of sp³-hybridized carbons (Fsp3) is 0.429. The average molecular weight is 199 g/mol. The molecule has 1 amide bonds. The summed E-state index contributed by atoms with van der Waals surface area (Å²) in [5.74, 6) is 0.652. The molecule has 70 valence electrons. The molecule has 2 rings (SSSR count). The molecule has 0 radical (unpaired) electrons. The lowest BCUT2D eigenvalue weighted by molar-refractivity contribution is -0.114. The number of thioether (sulfide) groups is 1. The zero-order chi connectivity index (χ0) is 9.59. The minimum atomic E-state index is -0.720. The van der Waals surface area contributed by atoms with E-state index in [4.69, 9.17) is 11.1 Å². The fourth-order valence-electron chi connectivity index (χ4n) is 1.56. The number of nitrogens with two attached hydrogens (primary N) is 1. The third-order valence-electron chi connectivity index (χ3n) is 2.22. The first kappa shape index (κ1) is 8.43. The molecule has 1 atom stereocenters. The van der Waals surface area contributed by atoms with E-state index in [9.17, 15) is 9.90 Å². The summed E-state index contributed by atoms with van der Waals surface area (Å²) in [5, 5.41) is 17.2. The molecule has 13 heavy (non-hydrogen) atoms. The van der Waals surface area contributed by atoms with E-state index in [-0.39, 0.29) is 23.2 Å². The molecule has 6 heteroatoms. The first-order chi connectivity index (χ1) is 6.13. The lowest BCUT2D eigenvalue weighted by atomic mass is 10.2. The first-order valence-electron chi connectivity index (χ1n) is 3.79. The topological polar surface area (TPSA) is 90.4 Å². The predicted octanol–water partition coefficient (Wildman–Crippen LogP) is -0.350. The van der Waals surface area contributed by atoms with Gasteiger partial charge < -0.3 is 15.7 Å². The molecule has 0 aliphatic carbocycles. The molecular weight excluding hydrogens is 190 g/mol. The number of hydrogen-bond acceptors (Lipinski definition) is 4. The van der Waals surface area contributed by atoms with Crippen molar-refractivity contribution in [1.29, 1.82) is 5.41 Å². The lowest BCUT2D eigenvalue weighted by Crippen LogP contribution is -2.32. The van der Waals surface area contributed by atoms with Crippen LogP contribution in [0.15, 0.2) is 11.3 Å². The molecule has 4 N–H and O–H groups in total. The van der Waals surface area contributed by atoms with Crippen molar-refractivity contribution in [3.63, 3.8) is 0 Å². The van der Waals surface area contributed by atoms with Crippen LogP contribution in [-0.4, -0.2) is 39.4 Å². The van der Waals surface area contributed by atoms with Gasteiger partial charge in [0, 0.05) is 5.75 Å². The van der Waals surface area contributed by atoms with Gasteiger partial charge in [0.15, 0.2) is 0 Å². The zero-order valence-electron chi connectivity index (χ0n) is 6.78. The van der Waals surface area contributed by atoms with Crippen LogP contribution in [0.4, 0.5) is 0 Å². The number of aliphatic hydroxyl groups is 1. The van der Waals surface area contributed by atoms with Crippen molar-refractivity contribution in [3.05, 3.63) is 11.3 Å². The van der Waals surface area contributed by atoms with Gasteiger partial charge in [0.1, 0.15) is 17.2 Å². The van der Waals surface area contributed by atoms with Crippen molar-refractivity contribution in [3.8, 4) is 0 Å². The van der Waals surface area contributed by atoms with E-state index in [1.807, 2.05) is 0 Å². The Morgan fingerprint density at radius 2 is 2.46 bits per heavy atom. The Hall–Kier alpha value is -1.17. The molecule has 0 saturated carbocycles. The predicted molar refractivity (Wildman–Crippen MR) is 49.5 cm³/mol. The number of fused-ring (bicyclic) bond motifs is 1. The summed E-state index contributed by atoms with van der Waals surface area (Å²) >= 11 is 1.63. The Labute approximate surface area is 79.1 Å². The number of carbonyl (C=O) groups is 1. The van der Waals surface area contributed by atoms with Crippen LogP contribution < -0.4 is 5.73 Å². The summed E-state index contributed by atoms with van der Waals surface area (Å²) in [6.45, 7) is 0. The summed E-state index contributed by atoms with van der Waals surface area (Å²) in [7, 11) is 0. The number of primary amides is 1. The quantitative estimate of drug-likeness (QED) is 0.538. The lowest BCUT2D eigenvalue weighted by Gasteiger charge is -2.15. The number of amidine groups is 1. The first-order valence-corrected chi connectivity index (χ1v) is 4.94. The van der Waals surface area contributed by atoms with Gasteiger partial charge in [0.05, 0.1) is 11.9 Å². The Morgan fingerprint density at radius 3 is 3.00 bits per heavy atom. The number of nitrogens with zero attached hydrogens (tertiary/aromatic N) is 1. The SMILES string of the molecule is N=C1C(C(N)=O)=C(O)[C@@H]2CSCN12. The van der Waals surface area contributed by atoms with Crippen LogP contribution >= 0.6 is 11.8 Å². The van der Waals surface area contributed by atoms with E-state index in [1.165, 1.54) is 0 Å². The van der Waals surface area contributed by atoms with E-state index < -0.39 is 5.91 Å². The van der Waals surface area contributed by atoms with Crippen LogP contribution in [0.5, 0.6) is 0 Å². The Morgan fingerprint density at radius 1 is 1.77 bits per heavy atom. The van der Waals surface area contributed by atoms with E-state index >= 15 is 0 Å². The molecule has 2 heterocycles. The highest BCUT2D eigenvalue weighted by Gasteiger charge is 2.42. The minimum absolute atomic E-state index is 0.0229. The molecular formula is C7H9N3O2S. The highest BCUT2D eigenvalue weighted by atomic mass is 32.2. The van der Waals surface area contributed by atoms with Crippen LogP contribution in [0.1, 0.15) is 0 Å². The Kier molecular flexibility index (Phi) is 1.73. The second kappa shape index (κ2) is 2.66. The Balaban J connectivity index is 2.41. The van der Waals surface area contributed by atoms with Gasteiger partial charge in [0.25, 0.3) is 5.91 Å². The number of nitrogens with one attached hydrogen (secondary N) is 1. The zero-order valence-corrected chi connectivity index (χ0v) is 7.60. The van der Waals surface area contributed by atoms with Crippen LogP contribution in [-0.2, 0) is 4.79 Å². The highest BCUT2D eigenvalue weighted by Crippen LogP contribution is 2.33. The third kappa shape index (κ3) is 1.02. The van der Waals surface area contributed by atoms with Crippen molar-refractivity contribution in [2.24, 2.45) is 5.73 Å². The average Bonchev–Trinajstić information content (AvgIpc) is 2.56. The summed E-state index contributed by atoms with van der Waals surface area (Å²) in [6, 6.07) is -0.208. The van der Waals surface area contributed by atoms with E-state index in [0.717, 1.165) is 0 Å². The molecule has 2 aliphatic rings. The van der Waals surface area contributed by atoms with Crippen molar-refractivity contribution < 1.29 is 9.90 Å². The van der Waals surface area contributed by atoms with Crippen LogP contribution in [0, 0.1) is 5.41 Å². The fourth-order valence-corrected chi connectivity index (χ4v) is 2.74. The number of aliphatic hydroxyl groups excluding tert-OH is 1. The molecule has 0 bridgehead atoms. The summed E-state index contributed by atoms with van der Waals surface area (Å²) in [4.78, 5) is 12.6. The second-order valence-electron chi connectivity index (χ2n) is 2.96. The molecule has 2 aliphatic heterocycles. The van der Waals surface area contributed by atoms with Crippen LogP contribution in [0.25, 0.3) is 0 Å². The van der Waals surface area contributed by atoms with Gasteiger partial charge >= 0.3 is 0 Å². The van der Waals surface area contributed by atoms with E-state index in [0.29, 0.717) is 11.6 Å². The monoisotopic (exact) mass is 199 g/mol.